The van der Waals surface area contributed by atoms with Crippen LogP contribution in [-0.4, -0.2) is 45.9 Å². The fourth-order valence-corrected chi connectivity index (χ4v) is 3.19. The van der Waals surface area contributed by atoms with Crippen molar-refractivity contribution in [2.45, 2.75) is 19.4 Å². The van der Waals surface area contributed by atoms with E-state index in [1.807, 2.05) is 18.2 Å². The van der Waals surface area contributed by atoms with Crippen LogP contribution in [0.3, 0.4) is 0 Å². The number of nitrogens with one attached hydrogen (secondary N) is 1. The number of hydrogen-bond acceptors (Lipinski definition) is 5. The van der Waals surface area contributed by atoms with E-state index in [-0.39, 0.29) is 24.6 Å². The summed E-state index contributed by atoms with van der Waals surface area (Å²) in [6.07, 6.45) is 3.32. The van der Waals surface area contributed by atoms with Crippen LogP contribution in [0.25, 0.3) is 22.1 Å². The number of carbonyl (C=O) groups is 2. The molecule has 1 saturated heterocycles. The Morgan fingerprint density at radius 2 is 1.96 bits per heavy atom. The van der Waals surface area contributed by atoms with Crippen molar-refractivity contribution in [1.82, 2.24) is 19.8 Å². The summed E-state index contributed by atoms with van der Waals surface area (Å²) in [5.74, 6) is -0.522. The van der Waals surface area contributed by atoms with Crippen LogP contribution < -0.4 is 10.9 Å². The van der Waals surface area contributed by atoms with Crippen molar-refractivity contribution in [2.24, 2.45) is 0 Å². The fraction of sp³-hybridized carbons (Fsp3) is 0.333. The van der Waals surface area contributed by atoms with Crippen LogP contribution in [0.5, 0.6) is 0 Å². The molecule has 0 radical (unpaired) electrons. The minimum atomic E-state index is -0.424. The second kappa shape index (κ2) is 6.62. The Bertz CT molecular complexity index is 1050. The molecule has 1 aliphatic rings. The van der Waals surface area contributed by atoms with Gasteiger partial charge in [-0.05, 0) is 25.0 Å². The van der Waals surface area contributed by atoms with Gasteiger partial charge in [-0.2, -0.15) is 0 Å². The van der Waals surface area contributed by atoms with E-state index in [4.69, 9.17) is 4.42 Å². The number of aromatic nitrogens is 2. The Morgan fingerprint density at radius 3 is 2.77 bits per heavy atom. The first-order chi connectivity index (χ1) is 12.6. The molecule has 3 heterocycles. The molecule has 0 bridgehead atoms. The molecule has 1 fully saturated rings. The topological polar surface area (TPSA) is 97.4 Å². The Hall–Kier alpha value is -3.16. The van der Waals surface area contributed by atoms with E-state index >= 15 is 0 Å². The molecule has 1 aliphatic heterocycles. The molecule has 2 aromatic heterocycles. The van der Waals surface area contributed by atoms with Crippen molar-refractivity contribution < 1.29 is 14.0 Å². The highest BCUT2D eigenvalue weighted by atomic mass is 16.3. The average molecular weight is 354 g/mol. The predicted octanol–water partition coefficient (Wildman–Crippen LogP) is 0.881. The van der Waals surface area contributed by atoms with Crippen molar-refractivity contribution in [3.8, 4) is 0 Å². The van der Waals surface area contributed by atoms with E-state index in [1.165, 1.54) is 10.9 Å². The summed E-state index contributed by atoms with van der Waals surface area (Å²) in [5.41, 5.74) is 0.749. The van der Waals surface area contributed by atoms with Crippen molar-refractivity contribution in [2.75, 3.05) is 19.6 Å². The van der Waals surface area contributed by atoms with Gasteiger partial charge < -0.3 is 14.6 Å². The van der Waals surface area contributed by atoms with E-state index < -0.39 is 11.5 Å². The van der Waals surface area contributed by atoms with Gasteiger partial charge in [-0.15, -0.1) is 0 Å². The third kappa shape index (κ3) is 2.94. The first kappa shape index (κ1) is 16.3. The number of likely N-dealkylation sites (tertiary alicyclic amines) is 1. The maximum Gasteiger partial charge on any atom is 0.297 e. The Kier molecular flexibility index (Phi) is 4.16. The first-order valence-electron chi connectivity index (χ1n) is 8.54. The molecular weight excluding hydrogens is 336 g/mol. The van der Waals surface area contributed by atoms with Crippen LogP contribution in [0.1, 0.15) is 12.8 Å². The zero-order chi connectivity index (χ0) is 18.1. The number of furan rings is 1. The van der Waals surface area contributed by atoms with Gasteiger partial charge in [0.25, 0.3) is 5.56 Å². The van der Waals surface area contributed by atoms with Crippen molar-refractivity contribution in [3.05, 3.63) is 40.9 Å². The summed E-state index contributed by atoms with van der Waals surface area (Å²) < 4.78 is 6.76. The maximum atomic E-state index is 12.6. The third-order valence-electron chi connectivity index (χ3n) is 4.56. The number of amides is 2. The minimum Gasteiger partial charge on any atom is -0.448 e. The van der Waals surface area contributed by atoms with Gasteiger partial charge in [0.2, 0.25) is 17.4 Å². The molecule has 8 heteroatoms. The van der Waals surface area contributed by atoms with Crippen LogP contribution >= 0.6 is 0 Å². The highest BCUT2D eigenvalue weighted by molar-refractivity contribution is 6.01. The van der Waals surface area contributed by atoms with Gasteiger partial charge in [-0.3, -0.25) is 19.0 Å². The second-order valence-electron chi connectivity index (χ2n) is 6.32. The van der Waals surface area contributed by atoms with Gasteiger partial charge >= 0.3 is 0 Å². The summed E-state index contributed by atoms with van der Waals surface area (Å²) >= 11 is 0. The molecule has 2 amide bonds. The molecule has 0 aliphatic carbocycles. The summed E-state index contributed by atoms with van der Waals surface area (Å²) in [6.45, 7) is 1.20. The number of para-hydroxylation sites is 1. The highest BCUT2D eigenvalue weighted by Gasteiger charge is 2.19. The molecule has 3 aromatic rings. The molecule has 1 N–H and O–H groups in total. The number of rotatable bonds is 4. The predicted molar refractivity (Wildman–Crippen MR) is 94.6 cm³/mol. The lowest BCUT2D eigenvalue weighted by atomic mass is 10.2. The Morgan fingerprint density at radius 1 is 1.19 bits per heavy atom. The summed E-state index contributed by atoms with van der Waals surface area (Å²) in [5, 5.41) is 3.32. The monoisotopic (exact) mass is 354 g/mol. The number of benzene rings is 1. The van der Waals surface area contributed by atoms with E-state index in [0.29, 0.717) is 11.1 Å². The van der Waals surface area contributed by atoms with E-state index in [2.05, 4.69) is 10.3 Å². The van der Waals surface area contributed by atoms with Gasteiger partial charge in [-0.1, -0.05) is 12.1 Å². The lowest BCUT2D eigenvalue weighted by Gasteiger charge is -2.15. The standard InChI is InChI=1S/C18H18N4O4/c23-14(19-9-15(24)21-7-3-4-8-21)10-22-11-20-16-12-5-1-2-6-13(12)26-17(16)18(22)25/h1-2,5-6,11H,3-4,7-10H2,(H,19,23). The quantitative estimate of drug-likeness (QED) is 0.750. The SMILES string of the molecule is O=C(Cn1cnc2c(oc3ccccc32)c1=O)NCC(=O)N1CCCC1. The zero-order valence-electron chi connectivity index (χ0n) is 14.1. The van der Waals surface area contributed by atoms with Crippen LogP contribution in [0.15, 0.2) is 39.8 Å². The van der Waals surface area contributed by atoms with E-state index in [0.717, 1.165) is 31.3 Å². The summed E-state index contributed by atoms with van der Waals surface area (Å²) in [4.78, 5) is 42.6. The third-order valence-corrected chi connectivity index (χ3v) is 4.56. The van der Waals surface area contributed by atoms with Gasteiger partial charge in [0.05, 0.1) is 12.9 Å². The van der Waals surface area contributed by atoms with Gasteiger partial charge in [0.15, 0.2) is 0 Å². The van der Waals surface area contributed by atoms with Gasteiger partial charge in [0, 0.05) is 18.5 Å². The first-order valence-corrected chi connectivity index (χ1v) is 8.54. The largest absolute Gasteiger partial charge is 0.448 e. The molecule has 0 spiro atoms. The summed E-state index contributed by atoms with van der Waals surface area (Å²) in [7, 11) is 0. The van der Waals surface area contributed by atoms with Crippen molar-refractivity contribution in [3.63, 3.8) is 0 Å². The van der Waals surface area contributed by atoms with Gasteiger partial charge in [-0.25, -0.2) is 4.98 Å². The normalized spacial score (nSPS) is 14.2. The lowest BCUT2D eigenvalue weighted by molar-refractivity contribution is -0.132. The second-order valence-corrected chi connectivity index (χ2v) is 6.32. The number of hydrogen-bond donors (Lipinski definition) is 1. The summed E-state index contributed by atoms with van der Waals surface area (Å²) in [6, 6.07) is 7.25. The van der Waals surface area contributed by atoms with E-state index in [1.54, 1.807) is 11.0 Å². The molecular formula is C18H18N4O4. The number of carbonyl (C=O) groups excluding carboxylic acids is 2. The zero-order valence-corrected chi connectivity index (χ0v) is 14.1. The molecule has 0 saturated carbocycles. The number of fused-ring (bicyclic) bond motifs is 3. The van der Waals surface area contributed by atoms with Crippen LogP contribution in [0.4, 0.5) is 0 Å². The molecule has 134 valence electrons. The van der Waals surface area contributed by atoms with Gasteiger partial charge in [0.1, 0.15) is 17.6 Å². The van der Waals surface area contributed by atoms with E-state index in [9.17, 15) is 14.4 Å². The highest BCUT2D eigenvalue weighted by Crippen LogP contribution is 2.23. The molecule has 0 unspecified atom stereocenters. The number of nitrogens with zero attached hydrogens (tertiary/aromatic N) is 3. The van der Waals surface area contributed by atoms with Crippen molar-refractivity contribution >= 4 is 33.9 Å². The van der Waals surface area contributed by atoms with Crippen LogP contribution in [-0.2, 0) is 16.1 Å². The fourth-order valence-electron chi connectivity index (χ4n) is 3.19. The Balaban J connectivity index is 1.49. The van der Waals surface area contributed by atoms with Crippen molar-refractivity contribution in [1.29, 1.82) is 0 Å². The smallest absolute Gasteiger partial charge is 0.297 e. The molecule has 1 aromatic carbocycles. The van der Waals surface area contributed by atoms with Crippen LogP contribution in [0.2, 0.25) is 0 Å². The average Bonchev–Trinajstić information content (AvgIpc) is 3.30. The molecule has 4 rings (SSSR count). The Labute approximate surface area is 148 Å². The molecule has 0 atom stereocenters. The minimum absolute atomic E-state index is 0.0616. The molecule has 26 heavy (non-hydrogen) atoms. The maximum absolute atomic E-state index is 12.6. The van der Waals surface area contributed by atoms with Crippen LogP contribution in [0, 0.1) is 0 Å². The lowest BCUT2D eigenvalue weighted by Crippen LogP contribution is -2.40. The molecule has 8 nitrogen and oxygen atoms in total.